The van der Waals surface area contributed by atoms with Crippen LogP contribution >= 0.6 is 0 Å². The van der Waals surface area contributed by atoms with Gasteiger partial charge in [-0.2, -0.15) is 27.7 Å². The highest BCUT2D eigenvalue weighted by Gasteiger charge is 2.35. The lowest BCUT2D eigenvalue weighted by atomic mass is 10.2. The highest BCUT2D eigenvalue weighted by molar-refractivity contribution is 5.82. The van der Waals surface area contributed by atoms with Gasteiger partial charge in [-0.05, 0) is 19.9 Å². The molecule has 0 aliphatic carbocycles. The van der Waals surface area contributed by atoms with Crippen LogP contribution in [0.3, 0.4) is 0 Å². The molecule has 4 rings (SSSR count). The predicted octanol–water partition coefficient (Wildman–Crippen LogP) is 1.18. The van der Waals surface area contributed by atoms with Crippen molar-refractivity contribution in [2.24, 2.45) is 0 Å². The number of nitrogens with one attached hydrogen (secondary N) is 1. The van der Waals surface area contributed by atoms with Crippen LogP contribution in [0, 0.1) is 13.8 Å². The number of pyridine rings is 1. The molecule has 0 unspecified atom stereocenters. The minimum absolute atomic E-state index is 0.193. The average Bonchev–Trinajstić information content (AvgIpc) is 3.13. The predicted molar refractivity (Wildman–Crippen MR) is 78.3 cm³/mol. The Hall–Kier alpha value is -3.31. The van der Waals surface area contributed by atoms with Crippen LogP contribution in [0.5, 0.6) is 0 Å². The molecule has 0 spiro atoms. The summed E-state index contributed by atoms with van der Waals surface area (Å²) in [5, 5.41) is 9.61. The molecule has 0 radical (unpaired) electrons. The van der Waals surface area contributed by atoms with Crippen molar-refractivity contribution < 1.29 is 13.2 Å². The number of nitrogens with zero attached hydrogens (tertiary/aromatic N) is 7. The molecular formula is C13H9F3N8O. The molecule has 0 saturated heterocycles. The fourth-order valence-corrected chi connectivity index (χ4v) is 2.53. The van der Waals surface area contributed by atoms with Crippen molar-refractivity contribution in [2.75, 3.05) is 0 Å². The lowest BCUT2D eigenvalue weighted by Crippen LogP contribution is -2.21. The van der Waals surface area contributed by atoms with E-state index in [1.165, 1.54) is 16.8 Å². The Balaban J connectivity index is 2.00. The van der Waals surface area contributed by atoms with Crippen molar-refractivity contribution in [1.29, 1.82) is 0 Å². The molecule has 9 nitrogen and oxygen atoms in total. The quantitative estimate of drug-likeness (QED) is 0.552. The molecule has 12 heteroatoms. The Kier molecular flexibility index (Phi) is 2.95. The van der Waals surface area contributed by atoms with Crippen molar-refractivity contribution >= 4 is 16.7 Å². The van der Waals surface area contributed by atoms with Crippen molar-refractivity contribution in [3.63, 3.8) is 0 Å². The minimum Gasteiger partial charge on any atom is -0.268 e. The van der Waals surface area contributed by atoms with Gasteiger partial charge in [0.25, 0.3) is 17.3 Å². The van der Waals surface area contributed by atoms with Gasteiger partial charge in [0.05, 0.1) is 16.6 Å². The Morgan fingerprint density at radius 2 is 1.92 bits per heavy atom. The zero-order chi connectivity index (χ0) is 17.9. The van der Waals surface area contributed by atoms with Gasteiger partial charge in [-0.1, -0.05) is 0 Å². The van der Waals surface area contributed by atoms with Gasteiger partial charge in [0.1, 0.15) is 5.82 Å². The number of halogens is 3. The molecule has 0 amide bonds. The fourth-order valence-electron chi connectivity index (χ4n) is 2.53. The topological polar surface area (TPSA) is 107 Å². The lowest BCUT2D eigenvalue weighted by molar-refractivity contribution is -0.144. The third kappa shape index (κ3) is 2.25. The van der Waals surface area contributed by atoms with Crippen LogP contribution in [0.4, 0.5) is 13.2 Å². The molecule has 0 saturated carbocycles. The Morgan fingerprint density at radius 1 is 1.16 bits per heavy atom. The van der Waals surface area contributed by atoms with E-state index in [1.54, 1.807) is 18.9 Å². The zero-order valence-corrected chi connectivity index (χ0v) is 12.8. The summed E-state index contributed by atoms with van der Waals surface area (Å²) in [6.45, 7) is 3.29. The molecule has 0 aliphatic heterocycles. The van der Waals surface area contributed by atoms with Crippen molar-refractivity contribution in [3.05, 3.63) is 40.0 Å². The first-order chi connectivity index (χ1) is 11.8. The molecule has 0 atom stereocenters. The van der Waals surface area contributed by atoms with E-state index in [-0.39, 0.29) is 5.39 Å². The molecule has 4 heterocycles. The first-order valence-corrected chi connectivity index (χ1v) is 7.01. The van der Waals surface area contributed by atoms with Crippen molar-refractivity contribution in [2.45, 2.75) is 20.0 Å². The third-order valence-corrected chi connectivity index (χ3v) is 3.58. The molecule has 4 aromatic heterocycles. The van der Waals surface area contributed by atoms with Gasteiger partial charge in [-0.25, -0.2) is 9.55 Å². The number of aryl methyl sites for hydroxylation is 2. The van der Waals surface area contributed by atoms with Crippen LogP contribution in [0.1, 0.15) is 17.3 Å². The molecule has 128 valence electrons. The monoisotopic (exact) mass is 350 g/mol. The first-order valence-electron chi connectivity index (χ1n) is 7.01. The number of alkyl halides is 3. The molecule has 0 aliphatic rings. The standard InChI is InChI=1S/C13H9F3N8O/c1-5-8-7(24-11(17-5)18-6(2)22-24)3-4-23(9(8)25)12-19-10(20-21-12)13(14,15)16/h3-4H,1-2H3,(H,19,20,21). The van der Waals surface area contributed by atoms with E-state index >= 15 is 0 Å². The van der Waals surface area contributed by atoms with E-state index in [4.69, 9.17) is 0 Å². The maximum Gasteiger partial charge on any atom is 0.451 e. The summed E-state index contributed by atoms with van der Waals surface area (Å²) in [6, 6.07) is 1.52. The van der Waals surface area contributed by atoms with Gasteiger partial charge >= 0.3 is 6.18 Å². The highest BCUT2D eigenvalue weighted by Crippen LogP contribution is 2.26. The lowest BCUT2D eigenvalue weighted by Gasteiger charge is -2.06. The van der Waals surface area contributed by atoms with Gasteiger partial charge in [0.2, 0.25) is 5.82 Å². The summed E-state index contributed by atoms with van der Waals surface area (Å²) in [4.78, 5) is 24.4. The number of rotatable bonds is 1. The second-order valence-corrected chi connectivity index (χ2v) is 5.30. The van der Waals surface area contributed by atoms with E-state index < -0.39 is 23.5 Å². The summed E-state index contributed by atoms with van der Waals surface area (Å²) < 4.78 is 40.3. The third-order valence-electron chi connectivity index (χ3n) is 3.58. The summed E-state index contributed by atoms with van der Waals surface area (Å²) in [5.74, 6) is -0.885. The van der Waals surface area contributed by atoms with E-state index in [1.807, 2.05) is 0 Å². The fraction of sp³-hybridized carbons (Fsp3) is 0.231. The Morgan fingerprint density at radius 3 is 2.60 bits per heavy atom. The van der Waals surface area contributed by atoms with E-state index in [0.29, 0.717) is 22.8 Å². The first kappa shape index (κ1) is 15.2. The van der Waals surface area contributed by atoms with Crippen molar-refractivity contribution in [1.82, 2.24) is 39.3 Å². The zero-order valence-electron chi connectivity index (χ0n) is 12.8. The van der Waals surface area contributed by atoms with Gasteiger partial charge in [0.15, 0.2) is 0 Å². The molecule has 0 bridgehead atoms. The number of aromatic amines is 1. The average molecular weight is 350 g/mol. The van der Waals surface area contributed by atoms with Gasteiger partial charge in [-0.3, -0.25) is 9.89 Å². The number of hydrogen-bond donors (Lipinski definition) is 1. The Bertz CT molecular complexity index is 1190. The Labute approximate surface area is 136 Å². The molecule has 0 aromatic carbocycles. The van der Waals surface area contributed by atoms with Gasteiger partial charge in [-0.15, -0.1) is 10.2 Å². The summed E-state index contributed by atoms with van der Waals surface area (Å²) in [6.07, 6.45) is -3.41. The number of hydrogen-bond acceptors (Lipinski definition) is 6. The number of aromatic nitrogens is 8. The van der Waals surface area contributed by atoms with Crippen LogP contribution in [-0.2, 0) is 6.18 Å². The normalized spacial score (nSPS) is 12.4. The van der Waals surface area contributed by atoms with Crippen LogP contribution < -0.4 is 5.56 Å². The number of fused-ring (bicyclic) bond motifs is 3. The van der Waals surface area contributed by atoms with Gasteiger partial charge in [0, 0.05) is 6.20 Å². The molecule has 1 N–H and O–H groups in total. The second kappa shape index (κ2) is 4.84. The smallest absolute Gasteiger partial charge is 0.268 e. The number of H-pyrrole nitrogens is 1. The van der Waals surface area contributed by atoms with Gasteiger partial charge < -0.3 is 0 Å². The summed E-state index contributed by atoms with van der Waals surface area (Å²) in [5.41, 5.74) is 0.210. The summed E-state index contributed by atoms with van der Waals surface area (Å²) >= 11 is 0. The highest BCUT2D eigenvalue weighted by atomic mass is 19.4. The molecular weight excluding hydrogens is 341 g/mol. The molecule has 25 heavy (non-hydrogen) atoms. The van der Waals surface area contributed by atoms with E-state index in [2.05, 4.69) is 25.1 Å². The van der Waals surface area contributed by atoms with E-state index in [0.717, 1.165) is 4.57 Å². The summed E-state index contributed by atoms with van der Waals surface area (Å²) in [7, 11) is 0. The SMILES string of the molecule is Cc1nc2nc(C)c3c(=O)n(-c4n[nH]c(C(F)(F)F)n4)ccc3n2n1. The second-order valence-electron chi connectivity index (χ2n) is 5.30. The van der Waals surface area contributed by atoms with Crippen LogP contribution in [0.15, 0.2) is 17.1 Å². The van der Waals surface area contributed by atoms with Crippen LogP contribution in [0.2, 0.25) is 0 Å². The maximum atomic E-state index is 12.7. The van der Waals surface area contributed by atoms with Crippen LogP contribution in [-0.4, -0.2) is 39.3 Å². The van der Waals surface area contributed by atoms with E-state index in [9.17, 15) is 18.0 Å². The van der Waals surface area contributed by atoms with Crippen LogP contribution in [0.25, 0.3) is 22.6 Å². The maximum absolute atomic E-state index is 12.7. The minimum atomic E-state index is -4.69. The largest absolute Gasteiger partial charge is 0.451 e. The molecule has 0 fully saturated rings. The van der Waals surface area contributed by atoms with Crippen molar-refractivity contribution in [3.8, 4) is 5.95 Å². The molecule has 4 aromatic rings.